The number of halogens is 3. The summed E-state index contributed by atoms with van der Waals surface area (Å²) < 4.78 is 68.6. The number of benzene rings is 2. The maximum Gasteiger partial charge on any atom is 0.573 e. The van der Waals surface area contributed by atoms with Crippen molar-refractivity contribution in [1.82, 2.24) is 9.21 Å². The van der Waals surface area contributed by atoms with E-state index >= 15 is 0 Å². The maximum atomic E-state index is 13.3. The fraction of sp³-hybridized carbons (Fsp3) is 0.391. The highest BCUT2D eigenvalue weighted by molar-refractivity contribution is 7.89. The van der Waals surface area contributed by atoms with E-state index in [0.29, 0.717) is 17.5 Å². The van der Waals surface area contributed by atoms with Crippen LogP contribution in [-0.2, 0) is 38.9 Å². The van der Waals surface area contributed by atoms with Gasteiger partial charge >= 0.3 is 12.3 Å². The molecule has 188 valence electrons. The number of carbonyl (C=O) groups is 2. The molecule has 0 spiro atoms. The first-order chi connectivity index (χ1) is 16.4. The minimum absolute atomic E-state index is 0.0399. The van der Waals surface area contributed by atoms with Gasteiger partial charge in [0.05, 0.1) is 17.2 Å². The normalized spacial score (nSPS) is 18.8. The predicted molar refractivity (Wildman–Crippen MR) is 117 cm³/mol. The molecule has 2 aliphatic rings. The monoisotopic (exact) mass is 512 g/mol. The molecule has 0 bridgehead atoms. The standard InChI is InChI=1S/C23H23F3N2O6S/c24-23(25,26)34-18-6-4-15(5-7-18)12-21(29)27-8-10-28(11-9-27)35(32,33)20-3-1-2-16-13-17(22(30)31)14-19(16)20/h1-7,17H,8-14H2,(H,30,31). The number of carboxylic acids is 1. The summed E-state index contributed by atoms with van der Waals surface area (Å²) in [4.78, 5) is 25.7. The third kappa shape index (κ3) is 5.59. The van der Waals surface area contributed by atoms with E-state index in [0.717, 1.165) is 17.7 Å². The molecule has 1 saturated heterocycles. The number of sulfonamides is 1. The van der Waals surface area contributed by atoms with Gasteiger partial charge in [0.15, 0.2) is 0 Å². The van der Waals surface area contributed by atoms with Crippen molar-refractivity contribution in [3.63, 3.8) is 0 Å². The van der Waals surface area contributed by atoms with Crippen LogP contribution in [0.1, 0.15) is 16.7 Å². The lowest BCUT2D eigenvalue weighted by Crippen LogP contribution is -2.51. The van der Waals surface area contributed by atoms with Gasteiger partial charge in [0, 0.05) is 26.2 Å². The second-order valence-corrected chi connectivity index (χ2v) is 10.4. The number of nitrogens with zero attached hydrogens (tertiary/aromatic N) is 2. The van der Waals surface area contributed by atoms with Gasteiger partial charge in [-0.15, -0.1) is 13.2 Å². The molecule has 1 atom stereocenters. The molecule has 1 heterocycles. The average molecular weight is 513 g/mol. The molecule has 2 aromatic carbocycles. The van der Waals surface area contributed by atoms with Gasteiger partial charge in [0.25, 0.3) is 0 Å². The molecular formula is C23H23F3N2O6S. The lowest BCUT2D eigenvalue weighted by atomic mass is 10.1. The largest absolute Gasteiger partial charge is 0.573 e. The van der Waals surface area contributed by atoms with E-state index in [2.05, 4.69) is 4.74 Å². The Labute approximate surface area is 199 Å². The van der Waals surface area contributed by atoms with Crippen LogP contribution < -0.4 is 4.74 Å². The van der Waals surface area contributed by atoms with Crippen molar-refractivity contribution < 1.29 is 41.0 Å². The molecule has 1 aliphatic carbocycles. The summed E-state index contributed by atoms with van der Waals surface area (Å²) in [7, 11) is -3.87. The highest BCUT2D eigenvalue weighted by atomic mass is 32.2. The van der Waals surface area contributed by atoms with E-state index in [-0.39, 0.29) is 55.6 Å². The Balaban J connectivity index is 1.37. The van der Waals surface area contributed by atoms with Crippen LogP contribution in [0.4, 0.5) is 13.2 Å². The van der Waals surface area contributed by atoms with E-state index in [1.165, 1.54) is 27.4 Å². The van der Waals surface area contributed by atoms with Gasteiger partial charge in [-0.05, 0) is 47.7 Å². The molecule has 1 amide bonds. The number of fused-ring (bicyclic) bond motifs is 1. The average Bonchev–Trinajstić information content (AvgIpc) is 3.24. The van der Waals surface area contributed by atoms with E-state index < -0.39 is 28.3 Å². The summed E-state index contributed by atoms with van der Waals surface area (Å²) in [5, 5.41) is 9.32. The number of rotatable bonds is 6. The number of ether oxygens (including phenoxy) is 1. The van der Waals surface area contributed by atoms with Gasteiger partial charge in [0.2, 0.25) is 15.9 Å². The van der Waals surface area contributed by atoms with Crippen molar-refractivity contribution in [3.05, 3.63) is 59.2 Å². The third-order valence-electron chi connectivity index (χ3n) is 6.22. The smallest absolute Gasteiger partial charge is 0.481 e. The van der Waals surface area contributed by atoms with Crippen LogP contribution in [0.3, 0.4) is 0 Å². The maximum absolute atomic E-state index is 13.3. The van der Waals surface area contributed by atoms with E-state index in [4.69, 9.17) is 0 Å². The first-order valence-corrected chi connectivity index (χ1v) is 12.3. The zero-order valence-electron chi connectivity index (χ0n) is 18.5. The van der Waals surface area contributed by atoms with Crippen LogP contribution in [0, 0.1) is 5.92 Å². The van der Waals surface area contributed by atoms with Gasteiger partial charge in [-0.3, -0.25) is 9.59 Å². The van der Waals surface area contributed by atoms with Crippen LogP contribution in [0.2, 0.25) is 0 Å². The summed E-state index contributed by atoms with van der Waals surface area (Å²) in [6.45, 7) is 0.497. The second-order valence-electron chi connectivity index (χ2n) is 8.49. The molecule has 35 heavy (non-hydrogen) atoms. The Kier molecular flexibility index (Phi) is 6.78. The van der Waals surface area contributed by atoms with Gasteiger partial charge in [0.1, 0.15) is 5.75 Å². The molecule has 1 aliphatic heterocycles. The molecule has 0 saturated carbocycles. The Morgan fingerprint density at radius 2 is 1.66 bits per heavy atom. The number of hydrogen-bond acceptors (Lipinski definition) is 5. The number of carboxylic acid groups (broad SMARTS) is 1. The summed E-state index contributed by atoms with van der Waals surface area (Å²) in [6, 6.07) is 9.86. The quantitative estimate of drug-likeness (QED) is 0.638. The number of aliphatic carboxylic acids is 1. The SMILES string of the molecule is O=C(O)C1Cc2cccc(S(=O)(=O)N3CCN(C(=O)Cc4ccc(OC(F)(F)F)cc4)CC3)c2C1. The molecule has 8 nitrogen and oxygen atoms in total. The minimum atomic E-state index is -4.80. The fourth-order valence-corrected chi connectivity index (χ4v) is 6.15. The fourth-order valence-electron chi connectivity index (χ4n) is 4.45. The molecule has 1 fully saturated rings. The summed E-state index contributed by atoms with van der Waals surface area (Å²) in [6.07, 6.45) is -4.39. The van der Waals surface area contributed by atoms with E-state index in [1.54, 1.807) is 12.1 Å². The third-order valence-corrected chi connectivity index (χ3v) is 8.20. The van der Waals surface area contributed by atoms with Gasteiger partial charge in [-0.1, -0.05) is 24.3 Å². The second kappa shape index (κ2) is 9.50. The summed E-state index contributed by atoms with van der Waals surface area (Å²) in [5.41, 5.74) is 1.77. The van der Waals surface area contributed by atoms with Gasteiger partial charge in [-0.2, -0.15) is 4.31 Å². The molecule has 4 rings (SSSR count). The number of piperazine rings is 1. The summed E-state index contributed by atoms with van der Waals surface area (Å²) in [5.74, 6) is -2.25. The molecule has 12 heteroatoms. The van der Waals surface area contributed by atoms with Crippen molar-refractivity contribution in [2.45, 2.75) is 30.5 Å². The Morgan fingerprint density at radius 3 is 2.26 bits per heavy atom. The van der Waals surface area contributed by atoms with Crippen molar-refractivity contribution in [2.75, 3.05) is 26.2 Å². The number of carbonyl (C=O) groups excluding carboxylic acids is 1. The molecule has 0 radical (unpaired) electrons. The van der Waals surface area contributed by atoms with Crippen LogP contribution in [-0.4, -0.2) is 67.1 Å². The lowest BCUT2D eigenvalue weighted by Gasteiger charge is -2.34. The molecule has 2 aromatic rings. The van der Waals surface area contributed by atoms with Gasteiger partial charge < -0.3 is 14.7 Å². The molecular weight excluding hydrogens is 489 g/mol. The molecule has 0 aromatic heterocycles. The van der Waals surface area contributed by atoms with Crippen molar-refractivity contribution in [3.8, 4) is 5.75 Å². The van der Waals surface area contributed by atoms with Gasteiger partial charge in [-0.25, -0.2) is 8.42 Å². The molecule has 1 unspecified atom stereocenters. The molecule has 1 N–H and O–H groups in total. The first-order valence-electron chi connectivity index (χ1n) is 10.9. The minimum Gasteiger partial charge on any atom is -0.481 e. The Morgan fingerprint density at radius 1 is 1.00 bits per heavy atom. The number of hydrogen-bond donors (Lipinski definition) is 1. The predicted octanol–water partition coefficient (Wildman–Crippen LogP) is 2.46. The van der Waals surface area contributed by atoms with Crippen LogP contribution >= 0.6 is 0 Å². The van der Waals surface area contributed by atoms with Crippen molar-refractivity contribution in [1.29, 1.82) is 0 Å². The lowest BCUT2D eigenvalue weighted by molar-refractivity contribution is -0.274. The van der Waals surface area contributed by atoms with Crippen molar-refractivity contribution in [2.24, 2.45) is 5.92 Å². The van der Waals surface area contributed by atoms with Crippen molar-refractivity contribution >= 4 is 21.9 Å². The first kappa shape index (κ1) is 25.0. The highest BCUT2D eigenvalue weighted by Gasteiger charge is 2.36. The van der Waals surface area contributed by atoms with Crippen LogP contribution in [0.15, 0.2) is 47.4 Å². The van der Waals surface area contributed by atoms with E-state index in [9.17, 15) is 36.3 Å². The zero-order valence-corrected chi connectivity index (χ0v) is 19.3. The number of amides is 1. The van der Waals surface area contributed by atoms with E-state index in [1.807, 2.05) is 0 Å². The van der Waals surface area contributed by atoms with Crippen LogP contribution in [0.25, 0.3) is 0 Å². The Bertz CT molecular complexity index is 1220. The highest BCUT2D eigenvalue weighted by Crippen LogP contribution is 2.33. The summed E-state index contributed by atoms with van der Waals surface area (Å²) >= 11 is 0. The number of alkyl halides is 3. The topological polar surface area (TPSA) is 104 Å². The zero-order chi connectivity index (χ0) is 25.4. The van der Waals surface area contributed by atoms with Crippen LogP contribution in [0.5, 0.6) is 5.75 Å². The Hall–Kier alpha value is -3.12.